The molecule has 2 amide bonds. The number of benzene rings is 2. The van der Waals surface area contributed by atoms with Crippen LogP contribution in [0.15, 0.2) is 42.5 Å². The van der Waals surface area contributed by atoms with Crippen molar-refractivity contribution < 1.29 is 9.59 Å². The molecule has 0 aliphatic heterocycles. The molecule has 2 aromatic rings. The molecule has 0 aliphatic carbocycles. The second-order valence-corrected chi connectivity index (χ2v) is 7.79. The molecule has 5 nitrogen and oxygen atoms in total. The van der Waals surface area contributed by atoms with Crippen molar-refractivity contribution in [1.29, 1.82) is 0 Å². The Morgan fingerprint density at radius 3 is 2.48 bits per heavy atom. The fourth-order valence-electron chi connectivity index (χ4n) is 2.78. The lowest BCUT2D eigenvalue weighted by Gasteiger charge is -2.23. The third-order valence-corrected chi connectivity index (χ3v) is 5.46. The molecule has 0 aromatic heterocycles. The Balaban J connectivity index is 2.09. The van der Waals surface area contributed by atoms with Gasteiger partial charge in [0.1, 0.15) is 6.04 Å². The van der Waals surface area contributed by atoms with Gasteiger partial charge in [0, 0.05) is 5.69 Å². The van der Waals surface area contributed by atoms with Gasteiger partial charge >= 0.3 is 0 Å². The summed E-state index contributed by atoms with van der Waals surface area (Å²) in [4.78, 5) is 25.2. The van der Waals surface area contributed by atoms with Gasteiger partial charge in [0.25, 0.3) is 0 Å². The highest BCUT2D eigenvalue weighted by molar-refractivity contribution is 7.98. The van der Waals surface area contributed by atoms with Crippen LogP contribution in [-0.2, 0) is 9.59 Å². The summed E-state index contributed by atoms with van der Waals surface area (Å²) in [7, 11) is 0. The molecular weight excluding hydrogens is 358 g/mol. The van der Waals surface area contributed by atoms with Crippen molar-refractivity contribution in [1.82, 2.24) is 5.32 Å². The quantitative estimate of drug-likeness (QED) is 0.616. The van der Waals surface area contributed by atoms with E-state index in [-0.39, 0.29) is 17.7 Å². The molecule has 27 heavy (non-hydrogen) atoms. The van der Waals surface area contributed by atoms with Crippen molar-refractivity contribution in [2.24, 2.45) is 11.7 Å². The normalized spacial score (nSPS) is 14.4. The Labute approximate surface area is 165 Å². The Morgan fingerprint density at radius 2 is 1.81 bits per heavy atom. The van der Waals surface area contributed by atoms with Gasteiger partial charge in [-0.25, -0.2) is 0 Å². The van der Waals surface area contributed by atoms with Gasteiger partial charge < -0.3 is 16.4 Å². The number of fused-ring (bicyclic) bond motifs is 1. The molecule has 146 valence electrons. The Bertz CT molecular complexity index is 781. The molecule has 3 atom stereocenters. The van der Waals surface area contributed by atoms with E-state index in [1.165, 1.54) is 0 Å². The van der Waals surface area contributed by atoms with E-state index in [0.29, 0.717) is 12.1 Å². The molecule has 0 unspecified atom stereocenters. The van der Waals surface area contributed by atoms with E-state index in [9.17, 15) is 9.59 Å². The third-order valence-electron chi connectivity index (χ3n) is 4.82. The predicted octanol–water partition coefficient (Wildman–Crippen LogP) is 3.39. The Hall–Kier alpha value is -2.05. The van der Waals surface area contributed by atoms with Crippen LogP contribution >= 0.6 is 11.8 Å². The van der Waals surface area contributed by atoms with Crippen molar-refractivity contribution in [2.45, 2.75) is 38.8 Å². The summed E-state index contributed by atoms with van der Waals surface area (Å²) >= 11 is 1.64. The topological polar surface area (TPSA) is 84.2 Å². The first kappa shape index (κ1) is 21.3. The predicted molar refractivity (Wildman–Crippen MR) is 115 cm³/mol. The van der Waals surface area contributed by atoms with E-state index >= 15 is 0 Å². The number of amides is 2. The van der Waals surface area contributed by atoms with Gasteiger partial charge in [0.2, 0.25) is 11.8 Å². The number of nitrogens with two attached hydrogens (primary N) is 1. The SMILES string of the molecule is CC[C@H](C)[C@H](N)C(=O)N[C@@H](CCSC)C(=O)Nc1ccc2ccccc2c1. The molecule has 0 saturated heterocycles. The van der Waals surface area contributed by atoms with Gasteiger partial charge in [-0.2, -0.15) is 11.8 Å². The highest BCUT2D eigenvalue weighted by atomic mass is 32.2. The lowest BCUT2D eigenvalue weighted by Crippen LogP contribution is -2.52. The van der Waals surface area contributed by atoms with Crippen LogP contribution in [0.3, 0.4) is 0 Å². The maximum absolute atomic E-state index is 12.8. The van der Waals surface area contributed by atoms with Crippen LogP contribution in [-0.4, -0.2) is 35.9 Å². The van der Waals surface area contributed by atoms with Crippen LogP contribution in [0.1, 0.15) is 26.7 Å². The highest BCUT2D eigenvalue weighted by Gasteiger charge is 2.26. The van der Waals surface area contributed by atoms with E-state index in [4.69, 9.17) is 5.73 Å². The van der Waals surface area contributed by atoms with Crippen molar-refractivity contribution in [2.75, 3.05) is 17.3 Å². The molecule has 0 fully saturated rings. The molecule has 2 aromatic carbocycles. The molecule has 2 rings (SSSR count). The first-order valence-corrected chi connectivity index (χ1v) is 10.7. The number of hydrogen-bond donors (Lipinski definition) is 3. The van der Waals surface area contributed by atoms with Gasteiger partial charge in [0.15, 0.2) is 0 Å². The minimum atomic E-state index is -0.611. The Kier molecular flexibility index (Phi) is 8.13. The third kappa shape index (κ3) is 5.97. The van der Waals surface area contributed by atoms with Crippen LogP contribution in [0.5, 0.6) is 0 Å². The van der Waals surface area contributed by atoms with Gasteiger partial charge in [-0.3, -0.25) is 9.59 Å². The second kappa shape index (κ2) is 10.3. The van der Waals surface area contributed by atoms with Crippen molar-refractivity contribution in [3.05, 3.63) is 42.5 Å². The average Bonchev–Trinajstić information content (AvgIpc) is 2.69. The highest BCUT2D eigenvalue weighted by Crippen LogP contribution is 2.19. The molecule has 0 saturated carbocycles. The lowest BCUT2D eigenvalue weighted by molar-refractivity contribution is -0.128. The Morgan fingerprint density at radius 1 is 1.11 bits per heavy atom. The monoisotopic (exact) mass is 387 g/mol. The molecule has 0 aliphatic rings. The maximum atomic E-state index is 12.8. The number of rotatable bonds is 9. The first-order valence-electron chi connectivity index (χ1n) is 9.30. The fraction of sp³-hybridized carbons (Fsp3) is 0.429. The number of carbonyl (C=O) groups excluding carboxylic acids is 2. The smallest absolute Gasteiger partial charge is 0.246 e. The summed E-state index contributed by atoms with van der Waals surface area (Å²) in [5.41, 5.74) is 6.73. The zero-order valence-electron chi connectivity index (χ0n) is 16.2. The van der Waals surface area contributed by atoms with E-state index in [1.807, 2.05) is 62.6 Å². The van der Waals surface area contributed by atoms with Crippen LogP contribution < -0.4 is 16.4 Å². The second-order valence-electron chi connectivity index (χ2n) is 6.81. The summed E-state index contributed by atoms with van der Waals surface area (Å²) in [6, 6.07) is 12.5. The van der Waals surface area contributed by atoms with Gasteiger partial charge in [-0.05, 0) is 47.3 Å². The largest absolute Gasteiger partial charge is 0.343 e. The van der Waals surface area contributed by atoms with Crippen LogP contribution in [0.25, 0.3) is 10.8 Å². The number of nitrogens with one attached hydrogen (secondary N) is 2. The minimum Gasteiger partial charge on any atom is -0.343 e. The van der Waals surface area contributed by atoms with Crippen LogP contribution in [0.4, 0.5) is 5.69 Å². The molecule has 0 radical (unpaired) electrons. The van der Waals surface area contributed by atoms with Gasteiger partial charge in [-0.1, -0.05) is 50.6 Å². The lowest BCUT2D eigenvalue weighted by atomic mass is 9.99. The molecule has 4 N–H and O–H groups in total. The van der Waals surface area contributed by atoms with E-state index in [0.717, 1.165) is 22.9 Å². The number of anilines is 1. The fourth-order valence-corrected chi connectivity index (χ4v) is 3.25. The maximum Gasteiger partial charge on any atom is 0.246 e. The molecule has 0 spiro atoms. The van der Waals surface area contributed by atoms with Gasteiger partial charge in [0.05, 0.1) is 6.04 Å². The van der Waals surface area contributed by atoms with E-state index in [1.54, 1.807) is 11.8 Å². The zero-order valence-corrected chi connectivity index (χ0v) is 17.0. The first-order chi connectivity index (χ1) is 13.0. The molecule has 6 heteroatoms. The number of hydrogen-bond acceptors (Lipinski definition) is 4. The van der Waals surface area contributed by atoms with Crippen molar-refractivity contribution >= 4 is 40.0 Å². The van der Waals surface area contributed by atoms with Crippen molar-refractivity contribution in [3.63, 3.8) is 0 Å². The molecule has 0 bridgehead atoms. The summed E-state index contributed by atoms with van der Waals surface area (Å²) in [6.45, 7) is 3.94. The summed E-state index contributed by atoms with van der Waals surface area (Å²) in [5.74, 6) is 0.345. The molecular formula is C21H29N3O2S. The van der Waals surface area contributed by atoms with Gasteiger partial charge in [-0.15, -0.1) is 0 Å². The van der Waals surface area contributed by atoms with Crippen LogP contribution in [0, 0.1) is 5.92 Å². The van der Waals surface area contributed by atoms with Crippen LogP contribution in [0.2, 0.25) is 0 Å². The molecule has 0 heterocycles. The summed E-state index contributed by atoms with van der Waals surface area (Å²) < 4.78 is 0. The standard InChI is InChI=1S/C21H29N3O2S/c1-4-14(2)19(22)21(26)24-18(11-12-27-3)20(25)23-17-10-9-15-7-5-6-8-16(15)13-17/h5-10,13-14,18-19H,4,11-12,22H2,1-3H3,(H,23,25)(H,24,26)/t14-,18-,19-/m0/s1. The van der Waals surface area contributed by atoms with E-state index < -0.39 is 12.1 Å². The zero-order chi connectivity index (χ0) is 19.8. The summed E-state index contributed by atoms with van der Waals surface area (Å²) in [5, 5.41) is 7.93. The summed E-state index contributed by atoms with van der Waals surface area (Å²) in [6.07, 6.45) is 3.35. The number of carbonyl (C=O) groups is 2. The van der Waals surface area contributed by atoms with Crippen molar-refractivity contribution in [3.8, 4) is 0 Å². The minimum absolute atomic E-state index is 0.0646. The number of thioether (sulfide) groups is 1. The average molecular weight is 388 g/mol. The van der Waals surface area contributed by atoms with E-state index in [2.05, 4.69) is 10.6 Å².